The van der Waals surface area contributed by atoms with Crippen molar-refractivity contribution < 1.29 is 13.9 Å². The first-order chi connectivity index (χ1) is 9.81. The van der Waals surface area contributed by atoms with Gasteiger partial charge in [0.2, 0.25) is 0 Å². The van der Waals surface area contributed by atoms with E-state index in [1.54, 1.807) is 0 Å². The lowest BCUT2D eigenvalue weighted by Gasteiger charge is -2.21. The van der Waals surface area contributed by atoms with E-state index in [1.165, 1.54) is 25.0 Å². The molecule has 1 aliphatic heterocycles. The van der Waals surface area contributed by atoms with E-state index in [1.807, 2.05) is 12.1 Å². The molecule has 20 heavy (non-hydrogen) atoms. The normalized spacial score (nSPS) is 23.9. The number of ether oxygens (including phenoxy) is 2. The first-order valence-electron chi connectivity index (χ1n) is 7.53. The Hall–Kier alpha value is -0.970. The molecule has 110 valence electrons. The topological polar surface area (TPSA) is 30.5 Å². The second-order valence-electron chi connectivity index (χ2n) is 5.69. The van der Waals surface area contributed by atoms with Gasteiger partial charge < -0.3 is 14.8 Å². The zero-order chi connectivity index (χ0) is 13.8. The van der Waals surface area contributed by atoms with E-state index in [4.69, 9.17) is 9.47 Å². The van der Waals surface area contributed by atoms with Crippen molar-refractivity contribution in [2.75, 3.05) is 19.8 Å². The Morgan fingerprint density at radius 2 is 2.05 bits per heavy atom. The molecule has 3 nitrogen and oxygen atoms in total. The van der Waals surface area contributed by atoms with Gasteiger partial charge in [0.1, 0.15) is 5.82 Å². The van der Waals surface area contributed by atoms with Crippen molar-refractivity contribution in [3.63, 3.8) is 0 Å². The summed E-state index contributed by atoms with van der Waals surface area (Å²) >= 11 is 0. The van der Waals surface area contributed by atoms with Gasteiger partial charge in [0.15, 0.2) is 0 Å². The minimum Gasteiger partial charge on any atom is -0.376 e. The van der Waals surface area contributed by atoms with Crippen LogP contribution in [-0.2, 0) is 9.47 Å². The third kappa shape index (κ3) is 4.01. The minimum absolute atomic E-state index is 0.0274. The van der Waals surface area contributed by atoms with E-state index >= 15 is 0 Å². The van der Waals surface area contributed by atoms with E-state index in [-0.39, 0.29) is 18.0 Å². The van der Waals surface area contributed by atoms with Gasteiger partial charge in [-0.15, -0.1) is 0 Å². The van der Waals surface area contributed by atoms with Crippen LogP contribution in [-0.4, -0.2) is 31.9 Å². The maximum Gasteiger partial charge on any atom is 0.123 e. The molecule has 2 atom stereocenters. The highest BCUT2D eigenvalue weighted by Crippen LogP contribution is 2.23. The quantitative estimate of drug-likeness (QED) is 0.832. The van der Waals surface area contributed by atoms with Gasteiger partial charge >= 0.3 is 0 Å². The molecule has 1 N–H and O–H groups in total. The van der Waals surface area contributed by atoms with Crippen LogP contribution < -0.4 is 5.32 Å². The van der Waals surface area contributed by atoms with E-state index in [0.717, 1.165) is 31.6 Å². The molecule has 0 spiro atoms. The lowest BCUT2D eigenvalue weighted by Crippen LogP contribution is -2.27. The van der Waals surface area contributed by atoms with Crippen LogP contribution in [0.4, 0.5) is 4.39 Å². The van der Waals surface area contributed by atoms with Crippen molar-refractivity contribution in [3.05, 3.63) is 35.6 Å². The van der Waals surface area contributed by atoms with Crippen LogP contribution >= 0.6 is 0 Å². The SMILES string of the molecule is Fc1ccc(C(CNC2CC2)OCC2CCCO2)cc1. The van der Waals surface area contributed by atoms with Crippen LogP contribution in [0, 0.1) is 5.82 Å². The fraction of sp³-hybridized carbons (Fsp3) is 0.625. The van der Waals surface area contributed by atoms with Gasteiger partial charge in [-0.25, -0.2) is 4.39 Å². The highest BCUT2D eigenvalue weighted by Gasteiger charge is 2.24. The molecule has 1 aromatic rings. The number of rotatable bonds is 7. The van der Waals surface area contributed by atoms with Gasteiger partial charge in [-0.2, -0.15) is 0 Å². The fourth-order valence-corrected chi connectivity index (χ4v) is 2.51. The smallest absolute Gasteiger partial charge is 0.123 e. The summed E-state index contributed by atoms with van der Waals surface area (Å²) < 4.78 is 24.6. The predicted octanol–water partition coefficient (Wildman–Crippen LogP) is 2.81. The number of hydrogen-bond acceptors (Lipinski definition) is 3. The lowest BCUT2D eigenvalue weighted by atomic mass is 10.1. The molecule has 0 aromatic heterocycles. The molecule has 0 radical (unpaired) electrons. The first kappa shape index (κ1) is 14.0. The Kier molecular flexibility index (Phi) is 4.65. The molecule has 2 fully saturated rings. The van der Waals surface area contributed by atoms with Crippen molar-refractivity contribution in [1.82, 2.24) is 5.32 Å². The van der Waals surface area contributed by atoms with E-state index in [9.17, 15) is 4.39 Å². The third-order valence-corrected chi connectivity index (χ3v) is 3.92. The second-order valence-corrected chi connectivity index (χ2v) is 5.69. The standard InChI is InChI=1S/C16H22FNO2/c17-13-5-3-12(4-6-13)16(10-18-14-7-8-14)20-11-15-2-1-9-19-15/h3-6,14-16,18H,1-2,7-11H2. The Labute approximate surface area is 119 Å². The summed E-state index contributed by atoms with van der Waals surface area (Å²) in [6, 6.07) is 7.25. The Morgan fingerprint density at radius 3 is 2.70 bits per heavy atom. The van der Waals surface area contributed by atoms with Crippen molar-refractivity contribution in [2.24, 2.45) is 0 Å². The summed E-state index contributed by atoms with van der Waals surface area (Å²) in [7, 11) is 0. The van der Waals surface area contributed by atoms with Crippen molar-refractivity contribution in [1.29, 1.82) is 0 Å². The molecule has 3 rings (SSSR count). The Balaban J connectivity index is 1.57. The first-order valence-corrected chi connectivity index (χ1v) is 7.53. The maximum absolute atomic E-state index is 13.0. The predicted molar refractivity (Wildman–Crippen MR) is 75.1 cm³/mol. The molecular formula is C16H22FNO2. The number of halogens is 1. The molecule has 1 heterocycles. The van der Waals surface area contributed by atoms with Crippen molar-refractivity contribution in [3.8, 4) is 0 Å². The van der Waals surface area contributed by atoms with Gasteiger partial charge in [0.25, 0.3) is 0 Å². The van der Waals surface area contributed by atoms with E-state index in [0.29, 0.717) is 12.6 Å². The van der Waals surface area contributed by atoms with Crippen LogP contribution in [0.3, 0.4) is 0 Å². The summed E-state index contributed by atoms with van der Waals surface area (Å²) in [5.74, 6) is -0.207. The van der Waals surface area contributed by atoms with E-state index in [2.05, 4.69) is 5.32 Å². The highest BCUT2D eigenvalue weighted by atomic mass is 19.1. The molecule has 2 aliphatic rings. The van der Waals surface area contributed by atoms with Crippen molar-refractivity contribution in [2.45, 2.75) is 43.9 Å². The molecule has 1 aromatic carbocycles. The Morgan fingerprint density at radius 1 is 1.25 bits per heavy atom. The minimum atomic E-state index is -0.207. The van der Waals surface area contributed by atoms with Crippen LogP contribution in [0.1, 0.15) is 37.4 Å². The van der Waals surface area contributed by atoms with Crippen LogP contribution in [0.15, 0.2) is 24.3 Å². The summed E-state index contributed by atoms with van der Waals surface area (Å²) in [5.41, 5.74) is 1.03. The van der Waals surface area contributed by atoms with Gasteiger partial charge in [-0.1, -0.05) is 12.1 Å². The van der Waals surface area contributed by atoms with Gasteiger partial charge in [-0.3, -0.25) is 0 Å². The molecule has 0 bridgehead atoms. The fourth-order valence-electron chi connectivity index (χ4n) is 2.51. The average molecular weight is 279 g/mol. The highest BCUT2D eigenvalue weighted by molar-refractivity contribution is 5.19. The van der Waals surface area contributed by atoms with E-state index < -0.39 is 0 Å². The van der Waals surface area contributed by atoms with Crippen LogP contribution in [0.5, 0.6) is 0 Å². The van der Waals surface area contributed by atoms with Crippen LogP contribution in [0.25, 0.3) is 0 Å². The summed E-state index contributed by atoms with van der Waals surface area (Å²) in [5, 5.41) is 3.49. The monoisotopic (exact) mass is 279 g/mol. The average Bonchev–Trinajstić information content (AvgIpc) is 3.14. The summed E-state index contributed by atoms with van der Waals surface area (Å²) in [6.45, 7) is 2.24. The van der Waals surface area contributed by atoms with Gasteiger partial charge in [-0.05, 0) is 43.4 Å². The number of benzene rings is 1. The number of hydrogen-bond donors (Lipinski definition) is 1. The maximum atomic E-state index is 13.0. The zero-order valence-corrected chi connectivity index (χ0v) is 11.7. The molecule has 2 unspecified atom stereocenters. The molecule has 1 saturated carbocycles. The summed E-state index contributed by atoms with van der Waals surface area (Å²) in [4.78, 5) is 0. The van der Waals surface area contributed by atoms with Gasteiger partial charge in [0.05, 0.1) is 18.8 Å². The lowest BCUT2D eigenvalue weighted by molar-refractivity contribution is -0.0211. The zero-order valence-electron chi connectivity index (χ0n) is 11.7. The summed E-state index contributed by atoms with van der Waals surface area (Å²) in [6.07, 6.45) is 4.89. The largest absolute Gasteiger partial charge is 0.376 e. The Bertz CT molecular complexity index is 413. The number of nitrogens with one attached hydrogen (secondary N) is 1. The second kappa shape index (κ2) is 6.66. The third-order valence-electron chi connectivity index (χ3n) is 3.92. The molecular weight excluding hydrogens is 257 g/mol. The van der Waals surface area contributed by atoms with Crippen molar-refractivity contribution >= 4 is 0 Å². The molecule has 0 amide bonds. The van der Waals surface area contributed by atoms with Gasteiger partial charge in [0, 0.05) is 19.2 Å². The molecule has 1 saturated heterocycles. The molecule has 1 aliphatic carbocycles. The van der Waals surface area contributed by atoms with Crippen LogP contribution in [0.2, 0.25) is 0 Å². The molecule has 4 heteroatoms.